The number of nitrogens with zero attached hydrogens (tertiary/aromatic N) is 1. The molecule has 2 aromatic rings. The van der Waals surface area contributed by atoms with Crippen molar-refractivity contribution < 1.29 is 9.18 Å². The Morgan fingerprint density at radius 2 is 2.06 bits per heavy atom. The minimum atomic E-state index is -0.279. The van der Waals surface area contributed by atoms with Crippen molar-refractivity contribution in [1.29, 1.82) is 0 Å². The van der Waals surface area contributed by atoms with Crippen LogP contribution < -0.4 is 5.32 Å². The molecule has 0 saturated carbocycles. The normalized spacial score (nSPS) is 10.1. The van der Waals surface area contributed by atoms with Gasteiger partial charge in [0, 0.05) is 11.1 Å². The van der Waals surface area contributed by atoms with Crippen LogP contribution in [0.5, 0.6) is 0 Å². The standard InChI is InChI=1S/C13H11FN2OS/c14-10-3-5-12(6-4-10)18-9-13(17)16-11-2-1-7-15-8-11/h1-8H,9H2,(H,16,17). The number of pyridine rings is 1. The van der Waals surface area contributed by atoms with Crippen LogP contribution in [0.4, 0.5) is 10.1 Å². The molecule has 92 valence electrons. The zero-order valence-electron chi connectivity index (χ0n) is 9.47. The van der Waals surface area contributed by atoms with Gasteiger partial charge in [0.2, 0.25) is 5.91 Å². The molecule has 1 amide bonds. The smallest absolute Gasteiger partial charge is 0.234 e. The van der Waals surface area contributed by atoms with E-state index in [1.165, 1.54) is 23.9 Å². The van der Waals surface area contributed by atoms with E-state index in [2.05, 4.69) is 10.3 Å². The Balaban J connectivity index is 1.83. The maximum atomic E-state index is 12.7. The Morgan fingerprint density at radius 1 is 1.28 bits per heavy atom. The van der Waals surface area contributed by atoms with Gasteiger partial charge in [0.25, 0.3) is 0 Å². The van der Waals surface area contributed by atoms with Crippen molar-refractivity contribution in [2.75, 3.05) is 11.1 Å². The van der Waals surface area contributed by atoms with E-state index in [4.69, 9.17) is 0 Å². The van der Waals surface area contributed by atoms with E-state index in [0.29, 0.717) is 5.69 Å². The van der Waals surface area contributed by atoms with Gasteiger partial charge in [-0.05, 0) is 36.4 Å². The Morgan fingerprint density at radius 3 is 2.72 bits per heavy atom. The van der Waals surface area contributed by atoms with E-state index < -0.39 is 0 Å². The van der Waals surface area contributed by atoms with Crippen LogP contribution in [0, 0.1) is 5.82 Å². The molecule has 1 N–H and O–H groups in total. The average Bonchev–Trinajstić information content (AvgIpc) is 2.39. The molecule has 0 saturated heterocycles. The first-order chi connectivity index (χ1) is 8.74. The summed E-state index contributed by atoms with van der Waals surface area (Å²) >= 11 is 1.36. The van der Waals surface area contributed by atoms with Crippen LogP contribution in [-0.2, 0) is 4.79 Å². The molecule has 5 heteroatoms. The highest BCUT2D eigenvalue weighted by molar-refractivity contribution is 8.00. The molecule has 3 nitrogen and oxygen atoms in total. The molecule has 0 aliphatic rings. The molecule has 1 aromatic carbocycles. The third kappa shape index (κ3) is 3.85. The average molecular weight is 262 g/mol. The third-order valence-electron chi connectivity index (χ3n) is 2.13. The zero-order valence-corrected chi connectivity index (χ0v) is 10.3. The van der Waals surface area contributed by atoms with E-state index in [-0.39, 0.29) is 17.5 Å². The molecule has 2 rings (SSSR count). The number of anilines is 1. The minimum absolute atomic E-state index is 0.114. The van der Waals surface area contributed by atoms with Crippen molar-refractivity contribution in [1.82, 2.24) is 4.98 Å². The molecule has 0 spiro atoms. The number of carbonyl (C=O) groups excluding carboxylic acids is 1. The first-order valence-corrected chi connectivity index (χ1v) is 6.31. The van der Waals surface area contributed by atoms with E-state index in [9.17, 15) is 9.18 Å². The van der Waals surface area contributed by atoms with Gasteiger partial charge in [-0.15, -0.1) is 11.8 Å². The fourth-order valence-electron chi connectivity index (χ4n) is 1.31. The minimum Gasteiger partial charge on any atom is -0.324 e. The maximum Gasteiger partial charge on any atom is 0.234 e. The number of hydrogen-bond acceptors (Lipinski definition) is 3. The molecular weight excluding hydrogens is 251 g/mol. The van der Waals surface area contributed by atoms with Crippen LogP contribution in [0.1, 0.15) is 0 Å². The van der Waals surface area contributed by atoms with Crippen LogP contribution in [0.3, 0.4) is 0 Å². The van der Waals surface area contributed by atoms with E-state index >= 15 is 0 Å². The first-order valence-electron chi connectivity index (χ1n) is 5.32. The lowest BCUT2D eigenvalue weighted by atomic mass is 10.4. The molecule has 1 aromatic heterocycles. The number of rotatable bonds is 4. The predicted molar refractivity (Wildman–Crippen MR) is 70.0 cm³/mol. The van der Waals surface area contributed by atoms with Crippen LogP contribution >= 0.6 is 11.8 Å². The van der Waals surface area contributed by atoms with Crippen molar-refractivity contribution in [2.24, 2.45) is 0 Å². The summed E-state index contributed by atoms with van der Waals surface area (Å²) in [7, 11) is 0. The van der Waals surface area contributed by atoms with Crippen LogP contribution in [0.25, 0.3) is 0 Å². The maximum absolute atomic E-state index is 12.7. The van der Waals surface area contributed by atoms with Crippen molar-refractivity contribution in [3.63, 3.8) is 0 Å². The largest absolute Gasteiger partial charge is 0.324 e. The van der Waals surface area contributed by atoms with Crippen molar-refractivity contribution >= 4 is 23.4 Å². The summed E-state index contributed by atoms with van der Waals surface area (Å²) in [5.74, 6) is -0.114. The molecule has 18 heavy (non-hydrogen) atoms. The fourth-order valence-corrected chi connectivity index (χ4v) is 2.01. The second-order valence-electron chi connectivity index (χ2n) is 3.53. The molecule has 0 aliphatic heterocycles. The number of aromatic nitrogens is 1. The molecule has 0 radical (unpaired) electrons. The predicted octanol–water partition coefficient (Wildman–Crippen LogP) is 2.95. The van der Waals surface area contributed by atoms with Crippen LogP contribution in [-0.4, -0.2) is 16.6 Å². The van der Waals surface area contributed by atoms with Gasteiger partial charge >= 0.3 is 0 Å². The molecule has 1 heterocycles. The molecule has 0 unspecified atom stereocenters. The van der Waals surface area contributed by atoms with E-state index in [0.717, 1.165) is 4.90 Å². The SMILES string of the molecule is O=C(CSc1ccc(F)cc1)Nc1cccnc1. The van der Waals surface area contributed by atoms with Crippen molar-refractivity contribution in [3.05, 3.63) is 54.6 Å². The summed E-state index contributed by atoms with van der Waals surface area (Å²) in [4.78, 5) is 16.4. The highest BCUT2D eigenvalue weighted by Crippen LogP contribution is 2.18. The number of nitrogens with one attached hydrogen (secondary N) is 1. The van der Waals surface area contributed by atoms with E-state index in [1.807, 2.05) is 0 Å². The quantitative estimate of drug-likeness (QED) is 0.861. The van der Waals surface area contributed by atoms with Gasteiger partial charge in [0.05, 0.1) is 17.6 Å². The van der Waals surface area contributed by atoms with Gasteiger partial charge in [0.1, 0.15) is 5.82 Å². The Bertz CT molecular complexity index is 516. The summed E-state index contributed by atoms with van der Waals surface area (Å²) in [5, 5.41) is 2.73. The van der Waals surface area contributed by atoms with E-state index in [1.54, 1.807) is 36.7 Å². The summed E-state index contributed by atoms with van der Waals surface area (Å²) in [5.41, 5.74) is 0.669. The van der Waals surface area contributed by atoms with Gasteiger partial charge in [0.15, 0.2) is 0 Å². The first kappa shape index (κ1) is 12.6. The lowest BCUT2D eigenvalue weighted by Crippen LogP contribution is -2.13. The molecule has 0 bridgehead atoms. The zero-order chi connectivity index (χ0) is 12.8. The van der Waals surface area contributed by atoms with Gasteiger partial charge in [-0.25, -0.2) is 4.39 Å². The Hall–Kier alpha value is -1.88. The molecule has 0 fully saturated rings. The Labute approximate surface area is 108 Å². The van der Waals surface area contributed by atoms with Crippen LogP contribution in [0.15, 0.2) is 53.7 Å². The molecular formula is C13H11FN2OS. The third-order valence-corrected chi connectivity index (χ3v) is 3.14. The second-order valence-corrected chi connectivity index (χ2v) is 4.58. The van der Waals surface area contributed by atoms with Gasteiger partial charge in [-0.2, -0.15) is 0 Å². The highest BCUT2D eigenvalue weighted by atomic mass is 32.2. The topological polar surface area (TPSA) is 42.0 Å². The summed E-state index contributed by atoms with van der Waals surface area (Å²) in [6, 6.07) is 9.58. The number of amides is 1. The van der Waals surface area contributed by atoms with Gasteiger partial charge < -0.3 is 5.32 Å². The van der Waals surface area contributed by atoms with Crippen molar-refractivity contribution in [3.8, 4) is 0 Å². The molecule has 0 atom stereocenters. The summed E-state index contributed by atoms with van der Waals surface area (Å²) in [6.45, 7) is 0. The number of carbonyl (C=O) groups is 1. The fraction of sp³-hybridized carbons (Fsp3) is 0.0769. The number of thioether (sulfide) groups is 1. The lowest BCUT2D eigenvalue weighted by Gasteiger charge is -2.04. The van der Waals surface area contributed by atoms with Gasteiger partial charge in [-0.3, -0.25) is 9.78 Å². The Kier molecular flexibility index (Phi) is 4.30. The lowest BCUT2D eigenvalue weighted by molar-refractivity contribution is -0.113. The molecule has 0 aliphatic carbocycles. The summed E-state index contributed by atoms with van der Waals surface area (Å²) < 4.78 is 12.7. The highest BCUT2D eigenvalue weighted by Gasteiger charge is 2.03. The number of benzene rings is 1. The monoisotopic (exact) mass is 262 g/mol. The number of halogens is 1. The van der Waals surface area contributed by atoms with Crippen molar-refractivity contribution in [2.45, 2.75) is 4.90 Å². The van der Waals surface area contributed by atoms with Crippen LogP contribution in [0.2, 0.25) is 0 Å². The second kappa shape index (κ2) is 6.16. The number of hydrogen-bond donors (Lipinski definition) is 1. The van der Waals surface area contributed by atoms with Gasteiger partial charge in [-0.1, -0.05) is 0 Å². The summed E-state index contributed by atoms with van der Waals surface area (Å²) in [6.07, 6.45) is 3.23.